The van der Waals surface area contributed by atoms with Crippen molar-refractivity contribution in [3.63, 3.8) is 0 Å². The van der Waals surface area contributed by atoms with Gasteiger partial charge in [-0.05, 0) is 30.5 Å². The molecule has 1 saturated heterocycles. The van der Waals surface area contributed by atoms with Gasteiger partial charge >= 0.3 is 0 Å². The summed E-state index contributed by atoms with van der Waals surface area (Å²) in [5, 5.41) is 2.04. The van der Waals surface area contributed by atoms with E-state index in [0.29, 0.717) is 10.5 Å². The molecule has 0 aromatic heterocycles. The lowest BCUT2D eigenvalue weighted by molar-refractivity contribution is 0.597. The summed E-state index contributed by atoms with van der Waals surface area (Å²) in [4.78, 5) is 0. The van der Waals surface area contributed by atoms with Gasteiger partial charge in [-0.25, -0.2) is 0 Å². The lowest BCUT2D eigenvalue weighted by atomic mass is 10.0. The molecule has 0 amide bonds. The van der Waals surface area contributed by atoms with Crippen LogP contribution in [-0.2, 0) is 6.42 Å². The van der Waals surface area contributed by atoms with E-state index in [1.54, 1.807) is 0 Å². The first-order valence-corrected chi connectivity index (χ1v) is 9.81. The number of thioether (sulfide) groups is 2. The first kappa shape index (κ1) is 16.0. The highest BCUT2D eigenvalue weighted by molar-refractivity contribution is 9.10. The smallest absolute Gasteiger partial charge is 0.0449 e. The van der Waals surface area contributed by atoms with Crippen molar-refractivity contribution in [2.45, 2.75) is 36.3 Å². The van der Waals surface area contributed by atoms with E-state index in [4.69, 9.17) is 17.3 Å². The van der Waals surface area contributed by atoms with E-state index in [0.717, 1.165) is 21.5 Å². The van der Waals surface area contributed by atoms with Gasteiger partial charge in [-0.3, -0.25) is 0 Å². The molecule has 1 aliphatic heterocycles. The summed E-state index contributed by atoms with van der Waals surface area (Å²) in [6.07, 6.45) is 2.06. The largest absolute Gasteiger partial charge is 0.326 e. The molecule has 3 unspecified atom stereocenters. The quantitative estimate of drug-likeness (QED) is 0.826. The Morgan fingerprint density at radius 1 is 1.42 bits per heavy atom. The minimum atomic E-state index is 0.182. The molecule has 0 aliphatic carbocycles. The molecule has 5 heteroatoms. The third-order valence-electron chi connectivity index (χ3n) is 3.39. The average molecular weight is 381 g/mol. The fourth-order valence-electron chi connectivity index (χ4n) is 2.39. The highest BCUT2D eigenvalue weighted by Gasteiger charge is 2.30. The van der Waals surface area contributed by atoms with Crippen molar-refractivity contribution in [2.24, 2.45) is 5.73 Å². The Kier molecular flexibility index (Phi) is 6.41. The van der Waals surface area contributed by atoms with Crippen LogP contribution in [0.1, 0.15) is 18.9 Å². The van der Waals surface area contributed by atoms with Gasteiger partial charge in [-0.1, -0.05) is 40.5 Å². The first-order valence-electron chi connectivity index (χ1n) is 6.54. The second-order valence-corrected chi connectivity index (χ2v) is 8.71. The minimum absolute atomic E-state index is 0.182. The first-order chi connectivity index (χ1) is 9.11. The fraction of sp³-hybridized carbons (Fsp3) is 0.571. The molecule has 0 radical (unpaired) electrons. The maximum absolute atomic E-state index is 6.45. The van der Waals surface area contributed by atoms with E-state index < -0.39 is 0 Å². The van der Waals surface area contributed by atoms with E-state index in [1.807, 2.05) is 23.9 Å². The third kappa shape index (κ3) is 4.31. The molecule has 2 N–H and O–H groups in total. The van der Waals surface area contributed by atoms with E-state index in [9.17, 15) is 0 Å². The minimum Gasteiger partial charge on any atom is -0.326 e. The van der Waals surface area contributed by atoms with Crippen LogP contribution in [0.5, 0.6) is 0 Å². The van der Waals surface area contributed by atoms with Crippen molar-refractivity contribution in [2.75, 3.05) is 11.5 Å². The Morgan fingerprint density at radius 2 is 2.16 bits per heavy atom. The zero-order valence-corrected chi connectivity index (χ0v) is 14.9. The van der Waals surface area contributed by atoms with Gasteiger partial charge in [0.2, 0.25) is 0 Å². The number of benzene rings is 1. The molecule has 0 bridgehead atoms. The van der Waals surface area contributed by atoms with E-state index in [1.165, 1.54) is 17.9 Å². The van der Waals surface area contributed by atoms with E-state index >= 15 is 0 Å². The van der Waals surface area contributed by atoms with Crippen LogP contribution in [0.25, 0.3) is 0 Å². The molecule has 0 spiro atoms. The van der Waals surface area contributed by atoms with Gasteiger partial charge in [0.1, 0.15) is 0 Å². The van der Waals surface area contributed by atoms with Crippen LogP contribution < -0.4 is 5.73 Å². The molecule has 106 valence electrons. The van der Waals surface area contributed by atoms with Gasteiger partial charge in [-0.2, -0.15) is 23.5 Å². The van der Waals surface area contributed by atoms with Gasteiger partial charge in [-0.15, -0.1) is 0 Å². The van der Waals surface area contributed by atoms with E-state index in [2.05, 4.69) is 40.7 Å². The van der Waals surface area contributed by atoms with Crippen molar-refractivity contribution < 1.29 is 0 Å². The number of halogens is 2. The summed E-state index contributed by atoms with van der Waals surface area (Å²) >= 11 is 13.8. The number of rotatable bonds is 4. The van der Waals surface area contributed by atoms with Crippen molar-refractivity contribution in [3.05, 3.63) is 33.3 Å². The highest BCUT2D eigenvalue weighted by Crippen LogP contribution is 2.36. The molecule has 3 atom stereocenters. The summed E-state index contributed by atoms with van der Waals surface area (Å²) in [6.45, 7) is 2.26. The third-order valence-corrected chi connectivity index (χ3v) is 7.66. The Labute approximate surface area is 137 Å². The Morgan fingerprint density at radius 3 is 2.84 bits per heavy atom. The maximum Gasteiger partial charge on any atom is 0.0449 e. The second-order valence-electron chi connectivity index (χ2n) is 4.76. The molecule has 19 heavy (non-hydrogen) atoms. The van der Waals surface area contributed by atoms with Crippen LogP contribution in [-0.4, -0.2) is 28.0 Å². The Bertz CT molecular complexity index is 430. The zero-order chi connectivity index (χ0) is 13.8. The van der Waals surface area contributed by atoms with Crippen LogP contribution in [0.15, 0.2) is 22.7 Å². The number of nitrogens with two attached hydrogens (primary N) is 1. The van der Waals surface area contributed by atoms with Crippen molar-refractivity contribution in [3.8, 4) is 0 Å². The topological polar surface area (TPSA) is 26.0 Å². The highest BCUT2D eigenvalue weighted by atomic mass is 79.9. The Hall–Kier alpha value is 0.650. The molecular weight excluding hydrogens is 362 g/mol. The summed E-state index contributed by atoms with van der Waals surface area (Å²) < 4.78 is 1.02. The molecule has 1 aromatic rings. The SMILES string of the molecule is CCC1SCCSC1C(N)Cc1ccc(Br)cc1Cl. The second kappa shape index (κ2) is 7.60. The monoisotopic (exact) mass is 379 g/mol. The zero-order valence-electron chi connectivity index (χ0n) is 10.9. The van der Waals surface area contributed by atoms with Crippen LogP contribution in [0.4, 0.5) is 0 Å². The van der Waals surface area contributed by atoms with Crippen LogP contribution in [0, 0.1) is 0 Å². The summed E-state index contributed by atoms with van der Waals surface area (Å²) in [7, 11) is 0. The van der Waals surface area contributed by atoms with Crippen molar-refractivity contribution in [1.82, 2.24) is 0 Å². The van der Waals surface area contributed by atoms with Gasteiger partial charge in [0.25, 0.3) is 0 Å². The van der Waals surface area contributed by atoms with E-state index in [-0.39, 0.29) is 6.04 Å². The van der Waals surface area contributed by atoms with Crippen LogP contribution in [0.2, 0.25) is 5.02 Å². The molecule has 1 aromatic carbocycles. The van der Waals surface area contributed by atoms with Crippen molar-refractivity contribution >= 4 is 51.1 Å². The van der Waals surface area contributed by atoms with Gasteiger partial charge in [0, 0.05) is 37.5 Å². The van der Waals surface area contributed by atoms with Gasteiger partial charge < -0.3 is 5.73 Å². The normalized spacial score (nSPS) is 25.3. The maximum atomic E-state index is 6.45. The Balaban J connectivity index is 2.04. The molecule has 2 rings (SSSR count). The van der Waals surface area contributed by atoms with Crippen LogP contribution >= 0.6 is 51.1 Å². The molecule has 1 fully saturated rings. The molecule has 1 aliphatic rings. The number of hydrogen-bond donors (Lipinski definition) is 1. The summed E-state index contributed by atoms with van der Waals surface area (Å²) in [5.74, 6) is 2.47. The summed E-state index contributed by atoms with van der Waals surface area (Å²) in [5.41, 5.74) is 7.60. The standard InChI is InChI=1S/C14H19BrClNS2/c1-2-13-14(19-6-5-18-13)12(17)7-9-3-4-10(15)8-11(9)16/h3-4,8,12-14H,2,5-7,17H2,1H3. The summed E-state index contributed by atoms with van der Waals surface area (Å²) in [6, 6.07) is 6.24. The number of hydrogen-bond acceptors (Lipinski definition) is 3. The van der Waals surface area contributed by atoms with Gasteiger partial charge in [0.15, 0.2) is 0 Å². The fourth-order valence-corrected chi connectivity index (χ4v) is 6.34. The van der Waals surface area contributed by atoms with Gasteiger partial charge in [0.05, 0.1) is 0 Å². The molecule has 1 heterocycles. The predicted octanol–water partition coefficient (Wildman–Crippen LogP) is 4.60. The molecule has 1 nitrogen and oxygen atoms in total. The predicted molar refractivity (Wildman–Crippen MR) is 93.6 cm³/mol. The molecular formula is C14H19BrClNS2. The molecule has 0 saturated carbocycles. The average Bonchev–Trinajstić information content (AvgIpc) is 2.41. The van der Waals surface area contributed by atoms with Crippen LogP contribution in [0.3, 0.4) is 0 Å². The lowest BCUT2D eigenvalue weighted by Gasteiger charge is -2.34. The van der Waals surface area contributed by atoms with Crippen molar-refractivity contribution in [1.29, 1.82) is 0 Å². The lowest BCUT2D eigenvalue weighted by Crippen LogP contribution is -2.43.